The number of nitrogens with zero attached hydrogens (tertiary/aromatic N) is 1. The number of amides is 1. The van der Waals surface area contributed by atoms with Crippen LogP contribution >= 0.6 is 11.3 Å². The van der Waals surface area contributed by atoms with E-state index in [2.05, 4.69) is 10.3 Å². The number of nitrogens with one attached hydrogen (secondary N) is 1. The van der Waals surface area contributed by atoms with E-state index in [-0.39, 0.29) is 19.1 Å². The molecular weight excluding hydrogens is 416 g/mol. The van der Waals surface area contributed by atoms with Gasteiger partial charge in [-0.1, -0.05) is 30.3 Å². The molecule has 1 atom stereocenters. The van der Waals surface area contributed by atoms with E-state index in [0.717, 1.165) is 16.0 Å². The summed E-state index contributed by atoms with van der Waals surface area (Å²) in [6.45, 7) is 1.73. The maximum atomic E-state index is 12.4. The van der Waals surface area contributed by atoms with Gasteiger partial charge in [-0.05, 0) is 30.7 Å². The number of fused-ring (bicyclic) bond motifs is 1. The van der Waals surface area contributed by atoms with E-state index in [0.29, 0.717) is 22.6 Å². The summed E-state index contributed by atoms with van der Waals surface area (Å²) in [6.07, 6.45) is -0.796. The van der Waals surface area contributed by atoms with Crippen LogP contribution in [0.3, 0.4) is 0 Å². The molecule has 0 aliphatic carbocycles. The molecule has 0 radical (unpaired) electrons. The van der Waals surface area contributed by atoms with Crippen molar-refractivity contribution in [3.05, 3.63) is 81.0 Å². The summed E-state index contributed by atoms with van der Waals surface area (Å²) in [6, 6.07) is 15.8. The van der Waals surface area contributed by atoms with Gasteiger partial charge in [-0.3, -0.25) is 4.79 Å². The second-order valence-corrected chi connectivity index (χ2v) is 7.98. The number of aromatic nitrogens is 1. The molecule has 2 aromatic heterocycles. The molecule has 1 amide bonds. The average Bonchev–Trinajstić information content (AvgIpc) is 3.22. The van der Waals surface area contributed by atoms with Crippen molar-refractivity contribution >= 4 is 28.2 Å². The topological polar surface area (TPSA) is 102 Å². The minimum absolute atomic E-state index is 0.0810. The Morgan fingerprint density at radius 1 is 1.23 bits per heavy atom. The fourth-order valence-corrected chi connectivity index (χ4v) is 3.66. The lowest BCUT2D eigenvalue weighted by molar-refractivity contribution is -0.123. The Kier molecular flexibility index (Phi) is 6.11. The molecule has 0 aliphatic heterocycles. The van der Waals surface area contributed by atoms with Crippen LogP contribution in [0.2, 0.25) is 0 Å². The van der Waals surface area contributed by atoms with Gasteiger partial charge in [-0.15, -0.1) is 11.3 Å². The van der Waals surface area contributed by atoms with Crippen LogP contribution in [-0.4, -0.2) is 29.1 Å². The van der Waals surface area contributed by atoms with E-state index in [1.165, 1.54) is 11.3 Å². The number of rotatable bonds is 7. The molecule has 8 heteroatoms. The predicted molar refractivity (Wildman–Crippen MR) is 118 cm³/mol. The fraction of sp³-hybridized carbons (Fsp3) is 0.174. The van der Waals surface area contributed by atoms with Gasteiger partial charge in [-0.2, -0.15) is 0 Å². The van der Waals surface area contributed by atoms with Crippen LogP contribution in [0.1, 0.15) is 16.7 Å². The molecule has 0 saturated heterocycles. The van der Waals surface area contributed by atoms with Crippen molar-refractivity contribution in [2.45, 2.75) is 13.0 Å². The number of ether oxygens (including phenoxy) is 1. The number of aryl methyl sites for hydroxylation is 1. The first-order valence-corrected chi connectivity index (χ1v) is 10.5. The Labute approximate surface area is 181 Å². The molecule has 0 bridgehead atoms. The first kappa shape index (κ1) is 20.8. The number of carbonyl (C=O) groups is 1. The number of aliphatic hydroxyl groups is 1. The van der Waals surface area contributed by atoms with Crippen LogP contribution in [0.15, 0.2) is 69.2 Å². The Hall–Kier alpha value is -3.49. The van der Waals surface area contributed by atoms with Gasteiger partial charge in [0.2, 0.25) is 0 Å². The molecule has 1 unspecified atom stereocenters. The van der Waals surface area contributed by atoms with Crippen LogP contribution in [0, 0.1) is 6.92 Å². The van der Waals surface area contributed by atoms with Gasteiger partial charge in [0.25, 0.3) is 5.91 Å². The van der Waals surface area contributed by atoms with E-state index in [1.54, 1.807) is 36.4 Å². The molecule has 4 aromatic rings. The second-order valence-electron chi connectivity index (χ2n) is 6.92. The quantitative estimate of drug-likeness (QED) is 0.430. The van der Waals surface area contributed by atoms with Crippen molar-refractivity contribution in [3.8, 4) is 17.0 Å². The average molecular weight is 436 g/mol. The first-order chi connectivity index (χ1) is 15.0. The van der Waals surface area contributed by atoms with Crippen LogP contribution in [-0.2, 0) is 4.79 Å². The first-order valence-electron chi connectivity index (χ1n) is 9.62. The van der Waals surface area contributed by atoms with E-state index < -0.39 is 11.7 Å². The third-order valence-corrected chi connectivity index (χ3v) is 5.42. The van der Waals surface area contributed by atoms with Crippen LogP contribution < -0.4 is 15.7 Å². The zero-order valence-corrected chi connectivity index (χ0v) is 17.5. The zero-order chi connectivity index (χ0) is 21.8. The van der Waals surface area contributed by atoms with E-state index in [1.807, 2.05) is 30.5 Å². The number of carbonyl (C=O) groups excluding carboxylic acids is 1. The number of aliphatic hydroxyl groups excluding tert-OH is 1. The largest absolute Gasteiger partial charge is 0.484 e. The molecule has 0 aliphatic rings. The lowest BCUT2D eigenvalue weighted by atomic mass is 10.1. The van der Waals surface area contributed by atoms with Gasteiger partial charge in [-0.25, -0.2) is 9.78 Å². The molecule has 4 rings (SSSR count). The Balaban J connectivity index is 1.38. The standard InChI is InChI=1S/C23H20N2O5S/c1-14-25-19(13-31-14)18-9-16-7-8-17(10-21(16)30-23(18)28)29-12-22(27)24-11-20(26)15-5-3-2-4-6-15/h2-10,13,20,26H,11-12H2,1H3,(H,24,27). The highest BCUT2D eigenvalue weighted by molar-refractivity contribution is 7.09. The smallest absolute Gasteiger partial charge is 0.345 e. The molecule has 0 fully saturated rings. The minimum Gasteiger partial charge on any atom is -0.484 e. The Bertz CT molecular complexity index is 1270. The highest BCUT2D eigenvalue weighted by Crippen LogP contribution is 2.25. The van der Waals surface area contributed by atoms with Crippen LogP contribution in [0.5, 0.6) is 5.75 Å². The molecular formula is C23H20N2O5S. The van der Waals surface area contributed by atoms with E-state index >= 15 is 0 Å². The van der Waals surface area contributed by atoms with Crippen molar-refractivity contribution in [1.29, 1.82) is 0 Å². The van der Waals surface area contributed by atoms with Crippen molar-refractivity contribution in [2.75, 3.05) is 13.2 Å². The van der Waals surface area contributed by atoms with Gasteiger partial charge in [0.1, 0.15) is 11.3 Å². The van der Waals surface area contributed by atoms with Crippen LogP contribution in [0.25, 0.3) is 22.2 Å². The summed E-state index contributed by atoms with van der Waals surface area (Å²) in [7, 11) is 0. The van der Waals surface area contributed by atoms with Gasteiger partial charge >= 0.3 is 5.63 Å². The summed E-state index contributed by atoms with van der Waals surface area (Å²) < 4.78 is 10.9. The van der Waals surface area contributed by atoms with Gasteiger partial charge in [0, 0.05) is 23.4 Å². The highest BCUT2D eigenvalue weighted by Gasteiger charge is 2.12. The summed E-state index contributed by atoms with van der Waals surface area (Å²) in [5.41, 5.74) is 1.59. The third kappa shape index (κ3) is 4.99. The monoisotopic (exact) mass is 436 g/mol. The summed E-state index contributed by atoms with van der Waals surface area (Å²) in [4.78, 5) is 28.7. The zero-order valence-electron chi connectivity index (χ0n) is 16.7. The lowest BCUT2D eigenvalue weighted by Gasteiger charge is -2.12. The molecule has 31 heavy (non-hydrogen) atoms. The molecule has 7 nitrogen and oxygen atoms in total. The van der Waals surface area contributed by atoms with Gasteiger partial charge in [0.15, 0.2) is 6.61 Å². The number of benzene rings is 2. The predicted octanol–water partition coefficient (Wildman–Crippen LogP) is 3.45. The molecule has 158 valence electrons. The lowest BCUT2D eigenvalue weighted by Crippen LogP contribution is -2.32. The fourth-order valence-electron chi connectivity index (χ4n) is 3.05. The summed E-state index contributed by atoms with van der Waals surface area (Å²) >= 11 is 1.46. The maximum absolute atomic E-state index is 12.4. The van der Waals surface area contributed by atoms with Crippen molar-refractivity contribution in [2.24, 2.45) is 0 Å². The highest BCUT2D eigenvalue weighted by atomic mass is 32.1. The van der Waals surface area contributed by atoms with Crippen molar-refractivity contribution in [1.82, 2.24) is 10.3 Å². The van der Waals surface area contributed by atoms with E-state index in [4.69, 9.17) is 9.15 Å². The van der Waals surface area contributed by atoms with Crippen LogP contribution in [0.4, 0.5) is 0 Å². The number of hydrogen-bond acceptors (Lipinski definition) is 7. The number of hydrogen-bond donors (Lipinski definition) is 2. The SMILES string of the molecule is Cc1nc(-c2cc3ccc(OCC(=O)NCC(O)c4ccccc4)cc3oc2=O)cs1. The molecule has 0 saturated carbocycles. The molecule has 0 spiro atoms. The second kappa shape index (κ2) is 9.11. The molecule has 2 N–H and O–H groups in total. The maximum Gasteiger partial charge on any atom is 0.345 e. The van der Waals surface area contributed by atoms with E-state index in [9.17, 15) is 14.7 Å². The summed E-state index contributed by atoms with van der Waals surface area (Å²) in [5.74, 6) is 0.0254. The van der Waals surface area contributed by atoms with Crippen molar-refractivity contribution < 1.29 is 19.1 Å². The Morgan fingerprint density at radius 2 is 2.03 bits per heavy atom. The van der Waals surface area contributed by atoms with Gasteiger partial charge in [0.05, 0.1) is 22.4 Å². The molecule has 2 aromatic carbocycles. The van der Waals surface area contributed by atoms with Gasteiger partial charge < -0.3 is 19.6 Å². The normalized spacial score (nSPS) is 11.9. The van der Waals surface area contributed by atoms with Crippen molar-refractivity contribution in [3.63, 3.8) is 0 Å². The third-order valence-electron chi connectivity index (χ3n) is 4.65. The molecule has 2 heterocycles. The minimum atomic E-state index is -0.796. The number of thiazole rings is 1. The Morgan fingerprint density at radius 3 is 2.77 bits per heavy atom. The summed E-state index contributed by atoms with van der Waals surface area (Å²) in [5, 5.41) is 16.1.